The van der Waals surface area contributed by atoms with Gasteiger partial charge in [0, 0.05) is 23.5 Å². The molecule has 2 rings (SSSR count). The molecule has 1 unspecified atom stereocenters. The minimum absolute atomic E-state index is 0.149. The van der Waals surface area contributed by atoms with Gasteiger partial charge in [-0.3, -0.25) is 4.79 Å². The molecular formula is C13H16N2O2S2. The zero-order valence-electron chi connectivity index (χ0n) is 10.5. The average molecular weight is 296 g/mol. The number of phenolic OH excluding ortho intramolecular Hbond substituents is 1. The number of aromatic amines is 1. The second-order valence-corrected chi connectivity index (χ2v) is 5.30. The topological polar surface area (TPSA) is 65.1 Å². The monoisotopic (exact) mass is 296 g/mol. The Hall–Kier alpha value is -1.11. The molecule has 0 fully saturated rings. The van der Waals surface area contributed by atoms with Crippen molar-refractivity contribution in [2.75, 3.05) is 0 Å². The van der Waals surface area contributed by atoms with E-state index >= 15 is 0 Å². The first-order valence-corrected chi connectivity index (χ1v) is 7.90. The maximum atomic E-state index is 11.9. The lowest BCUT2D eigenvalue weighted by Crippen LogP contribution is -2.33. The molecule has 0 bridgehead atoms. The number of aromatic hydroxyl groups is 1. The Balaban J connectivity index is 2.28. The molecule has 6 heteroatoms. The highest BCUT2D eigenvalue weighted by Gasteiger charge is 2.18. The van der Waals surface area contributed by atoms with Gasteiger partial charge in [-0.15, -0.1) is 0 Å². The van der Waals surface area contributed by atoms with Gasteiger partial charge in [0.15, 0.2) is 5.78 Å². The molecule has 0 radical (unpaired) electrons. The summed E-state index contributed by atoms with van der Waals surface area (Å²) < 4.78 is 3.01. The number of Topliss-reactive ketones (excluding diaryl/α,β-unsaturated/α-hetero) is 1. The van der Waals surface area contributed by atoms with Gasteiger partial charge in [-0.2, -0.15) is 0 Å². The predicted molar refractivity (Wildman–Crippen MR) is 82.5 cm³/mol. The number of benzene rings is 1. The number of rotatable bonds is 6. The Morgan fingerprint density at radius 2 is 2.37 bits per heavy atom. The van der Waals surface area contributed by atoms with Crippen molar-refractivity contribution in [3.8, 4) is 5.75 Å². The number of carbonyl (C=O) groups excluding carboxylic acids is 1. The lowest BCUT2D eigenvalue weighted by Gasteiger charge is -2.14. The third-order valence-corrected chi connectivity index (χ3v) is 3.81. The quantitative estimate of drug-likeness (QED) is 0.376. The Bertz CT molecular complexity index is 583. The van der Waals surface area contributed by atoms with Crippen molar-refractivity contribution in [2.24, 2.45) is 0 Å². The van der Waals surface area contributed by atoms with Gasteiger partial charge in [0.25, 0.3) is 0 Å². The smallest absolute Gasteiger partial charge is 0.150 e. The van der Waals surface area contributed by atoms with Crippen LogP contribution in [0.25, 0.3) is 10.9 Å². The summed E-state index contributed by atoms with van der Waals surface area (Å²) in [7, 11) is 1.15. The standard InChI is InChI=1S/C13H16N2O2S2/c1-2-13(17)12(15-19-18)5-8-7-14-11-4-3-9(16)6-10(8)11/h3-4,6-7,12,14-16,18H,2,5H2,1H3. The summed E-state index contributed by atoms with van der Waals surface area (Å²) in [4.78, 5) is 15.0. The summed E-state index contributed by atoms with van der Waals surface area (Å²) in [5.41, 5.74) is 1.96. The lowest BCUT2D eigenvalue weighted by molar-refractivity contribution is -0.120. The second kappa shape index (κ2) is 6.36. The van der Waals surface area contributed by atoms with Crippen LogP contribution in [0.15, 0.2) is 24.4 Å². The summed E-state index contributed by atoms with van der Waals surface area (Å²) in [6.07, 6.45) is 2.94. The number of thiol groups is 1. The van der Waals surface area contributed by atoms with E-state index in [1.165, 1.54) is 0 Å². The molecule has 0 aliphatic rings. The van der Waals surface area contributed by atoms with Gasteiger partial charge >= 0.3 is 0 Å². The summed E-state index contributed by atoms with van der Waals surface area (Å²) >= 11 is 4.04. The van der Waals surface area contributed by atoms with Crippen LogP contribution in [0, 0.1) is 0 Å². The van der Waals surface area contributed by atoms with Crippen molar-refractivity contribution >= 4 is 39.3 Å². The van der Waals surface area contributed by atoms with E-state index in [4.69, 9.17) is 0 Å². The van der Waals surface area contributed by atoms with Gasteiger partial charge in [-0.1, -0.05) is 18.6 Å². The molecule has 1 aromatic carbocycles. The average Bonchev–Trinajstić information content (AvgIpc) is 2.80. The van der Waals surface area contributed by atoms with Crippen LogP contribution in [0.1, 0.15) is 18.9 Å². The Kier molecular flexibility index (Phi) is 4.79. The van der Waals surface area contributed by atoms with Crippen molar-refractivity contribution in [1.82, 2.24) is 9.71 Å². The molecule has 0 saturated heterocycles. The Morgan fingerprint density at radius 3 is 3.05 bits per heavy atom. The van der Waals surface area contributed by atoms with Crippen molar-refractivity contribution in [2.45, 2.75) is 25.8 Å². The molecule has 4 nitrogen and oxygen atoms in total. The van der Waals surface area contributed by atoms with E-state index < -0.39 is 0 Å². The van der Waals surface area contributed by atoms with Gasteiger partial charge in [0.1, 0.15) is 5.75 Å². The fraction of sp³-hybridized carbons (Fsp3) is 0.308. The first-order chi connectivity index (χ1) is 9.15. The highest BCUT2D eigenvalue weighted by molar-refractivity contribution is 8.67. The summed E-state index contributed by atoms with van der Waals surface area (Å²) in [5.74, 6) is 0.374. The predicted octanol–water partition coefficient (Wildman–Crippen LogP) is 2.85. The van der Waals surface area contributed by atoms with Crippen LogP contribution in [0.4, 0.5) is 0 Å². The van der Waals surface area contributed by atoms with Crippen LogP contribution in [0.5, 0.6) is 5.75 Å². The van der Waals surface area contributed by atoms with Crippen LogP contribution in [-0.2, 0) is 11.2 Å². The minimum atomic E-state index is -0.270. The molecule has 102 valence electrons. The minimum Gasteiger partial charge on any atom is -0.508 e. The third kappa shape index (κ3) is 3.26. The number of ketones is 1. The SMILES string of the molecule is CCC(=O)C(Cc1c[nH]c2ccc(O)cc12)NSS. The molecule has 1 heterocycles. The molecule has 1 aromatic heterocycles. The maximum Gasteiger partial charge on any atom is 0.150 e. The van der Waals surface area contributed by atoms with E-state index in [1.807, 2.05) is 19.2 Å². The largest absolute Gasteiger partial charge is 0.508 e. The molecule has 2 aromatic rings. The van der Waals surface area contributed by atoms with E-state index in [0.717, 1.165) is 27.4 Å². The van der Waals surface area contributed by atoms with Crippen LogP contribution < -0.4 is 4.72 Å². The van der Waals surface area contributed by atoms with E-state index in [-0.39, 0.29) is 17.6 Å². The number of hydrogen-bond donors (Lipinski definition) is 4. The van der Waals surface area contributed by atoms with E-state index in [1.54, 1.807) is 12.1 Å². The molecule has 0 saturated carbocycles. The first kappa shape index (κ1) is 14.3. The number of phenols is 1. The summed E-state index contributed by atoms with van der Waals surface area (Å²) in [6.45, 7) is 1.85. The van der Waals surface area contributed by atoms with Gasteiger partial charge in [0.2, 0.25) is 0 Å². The molecule has 0 aliphatic carbocycles. The van der Waals surface area contributed by atoms with E-state index in [0.29, 0.717) is 12.8 Å². The van der Waals surface area contributed by atoms with Crippen LogP contribution in [0.3, 0.4) is 0 Å². The third-order valence-electron chi connectivity index (χ3n) is 3.11. The van der Waals surface area contributed by atoms with Gasteiger partial charge in [-0.05, 0) is 41.2 Å². The molecule has 0 spiro atoms. The highest BCUT2D eigenvalue weighted by atomic mass is 33.1. The normalized spacial score (nSPS) is 12.7. The summed E-state index contributed by atoms with van der Waals surface area (Å²) in [6, 6.07) is 4.90. The molecule has 0 amide bonds. The lowest BCUT2D eigenvalue weighted by atomic mass is 10.0. The number of nitrogens with one attached hydrogen (secondary N) is 2. The van der Waals surface area contributed by atoms with Crippen molar-refractivity contribution in [1.29, 1.82) is 0 Å². The van der Waals surface area contributed by atoms with Crippen molar-refractivity contribution < 1.29 is 9.90 Å². The Labute approximate surface area is 120 Å². The van der Waals surface area contributed by atoms with Gasteiger partial charge in [0.05, 0.1) is 6.04 Å². The zero-order chi connectivity index (χ0) is 13.8. The molecule has 0 aliphatic heterocycles. The fourth-order valence-corrected chi connectivity index (χ4v) is 2.81. The number of hydrogen-bond acceptors (Lipinski definition) is 5. The van der Waals surface area contributed by atoms with E-state index in [2.05, 4.69) is 21.4 Å². The second-order valence-electron chi connectivity index (χ2n) is 4.33. The van der Waals surface area contributed by atoms with Crippen LogP contribution >= 0.6 is 22.6 Å². The van der Waals surface area contributed by atoms with E-state index in [9.17, 15) is 9.90 Å². The van der Waals surface area contributed by atoms with Crippen LogP contribution in [-0.4, -0.2) is 21.9 Å². The zero-order valence-corrected chi connectivity index (χ0v) is 12.2. The summed E-state index contributed by atoms with van der Waals surface area (Å²) in [5, 5.41) is 10.5. The maximum absolute atomic E-state index is 11.9. The van der Waals surface area contributed by atoms with Crippen molar-refractivity contribution in [3.05, 3.63) is 30.0 Å². The van der Waals surface area contributed by atoms with Crippen LogP contribution in [0.2, 0.25) is 0 Å². The fourth-order valence-electron chi connectivity index (χ4n) is 2.09. The number of fused-ring (bicyclic) bond motifs is 1. The Morgan fingerprint density at radius 1 is 1.58 bits per heavy atom. The first-order valence-electron chi connectivity index (χ1n) is 6.03. The molecule has 3 N–H and O–H groups in total. The number of H-pyrrole nitrogens is 1. The highest BCUT2D eigenvalue weighted by Crippen LogP contribution is 2.24. The van der Waals surface area contributed by atoms with Gasteiger partial charge < -0.3 is 10.1 Å². The number of carbonyl (C=O) groups is 1. The van der Waals surface area contributed by atoms with Gasteiger partial charge in [-0.25, -0.2) is 4.72 Å². The molecule has 19 heavy (non-hydrogen) atoms. The molecular weight excluding hydrogens is 280 g/mol. The number of aromatic nitrogens is 1. The van der Waals surface area contributed by atoms with Crippen molar-refractivity contribution in [3.63, 3.8) is 0 Å². The molecule has 1 atom stereocenters.